The first-order valence-corrected chi connectivity index (χ1v) is 14.7. The fourth-order valence-corrected chi connectivity index (χ4v) is 6.52. The van der Waals surface area contributed by atoms with E-state index in [0.717, 1.165) is 41.5 Å². The number of aromatic nitrogens is 2. The summed E-state index contributed by atoms with van der Waals surface area (Å²) in [5.41, 5.74) is 1.91. The van der Waals surface area contributed by atoms with Gasteiger partial charge in [-0.3, -0.25) is 9.69 Å². The van der Waals surface area contributed by atoms with E-state index in [-0.39, 0.29) is 11.8 Å². The van der Waals surface area contributed by atoms with Gasteiger partial charge in [0, 0.05) is 42.1 Å². The Hall–Kier alpha value is -2.60. The molecule has 2 aromatic carbocycles. The number of aryl methyl sites for hydroxylation is 1. The van der Waals surface area contributed by atoms with Crippen molar-refractivity contribution < 1.29 is 17.7 Å². The average Bonchev–Trinajstić information content (AvgIpc) is 3.38. The predicted molar refractivity (Wildman–Crippen MR) is 142 cm³/mol. The maximum absolute atomic E-state index is 13.2. The number of benzene rings is 2. The van der Waals surface area contributed by atoms with Gasteiger partial charge in [0.2, 0.25) is 27.6 Å². The van der Waals surface area contributed by atoms with Gasteiger partial charge >= 0.3 is 0 Å². The third kappa shape index (κ3) is 5.95. The molecule has 3 heterocycles. The SMILES string of the molecule is Cc1ccc(S(=O)(=O)N2CCN(C(=O)C3CCN(Cc4nc(-c5ccc(Br)cc5)no4)CC3)CC2)cc1. The van der Waals surface area contributed by atoms with E-state index < -0.39 is 10.0 Å². The molecule has 3 aromatic rings. The number of piperidine rings is 1. The van der Waals surface area contributed by atoms with Crippen molar-refractivity contribution in [3.8, 4) is 11.4 Å². The molecule has 0 spiro atoms. The van der Waals surface area contributed by atoms with Crippen molar-refractivity contribution >= 4 is 31.9 Å². The Kier molecular flexibility index (Phi) is 7.75. The molecule has 11 heteroatoms. The van der Waals surface area contributed by atoms with Crippen LogP contribution in [0.3, 0.4) is 0 Å². The number of amides is 1. The zero-order chi connectivity index (χ0) is 26.0. The van der Waals surface area contributed by atoms with Gasteiger partial charge in [-0.25, -0.2) is 8.42 Å². The first-order chi connectivity index (χ1) is 17.8. The lowest BCUT2D eigenvalue weighted by Crippen LogP contribution is -2.52. The minimum atomic E-state index is -3.54. The van der Waals surface area contributed by atoms with Crippen LogP contribution < -0.4 is 0 Å². The minimum absolute atomic E-state index is 0.0440. The Morgan fingerprint density at radius 2 is 1.62 bits per heavy atom. The molecule has 0 saturated carbocycles. The second-order valence-corrected chi connectivity index (χ2v) is 12.5. The molecule has 2 fully saturated rings. The molecular formula is C26H30BrN5O4S. The molecule has 5 rings (SSSR count). The Labute approximate surface area is 225 Å². The van der Waals surface area contributed by atoms with Crippen molar-refractivity contribution in [2.24, 2.45) is 5.92 Å². The summed E-state index contributed by atoms with van der Waals surface area (Å²) in [6.07, 6.45) is 1.52. The first-order valence-electron chi connectivity index (χ1n) is 12.5. The van der Waals surface area contributed by atoms with Crippen molar-refractivity contribution in [3.05, 3.63) is 64.5 Å². The number of halogens is 1. The summed E-state index contributed by atoms with van der Waals surface area (Å²) in [6, 6.07) is 14.7. The zero-order valence-corrected chi connectivity index (χ0v) is 23.1. The van der Waals surface area contributed by atoms with Crippen LogP contribution in [0.5, 0.6) is 0 Å². The van der Waals surface area contributed by atoms with Crippen LogP contribution in [0.1, 0.15) is 24.3 Å². The van der Waals surface area contributed by atoms with Crippen LogP contribution in [-0.2, 0) is 21.4 Å². The van der Waals surface area contributed by atoms with Gasteiger partial charge in [-0.2, -0.15) is 9.29 Å². The predicted octanol–water partition coefficient (Wildman–Crippen LogP) is 3.55. The zero-order valence-electron chi connectivity index (χ0n) is 20.7. The molecule has 0 N–H and O–H groups in total. The van der Waals surface area contributed by atoms with Gasteiger partial charge in [0.15, 0.2) is 0 Å². The fourth-order valence-electron chi connectivity index (χ4n) is 4.83. The van der Waals surface area contributed by atoms with Crippen LogP contribution in [0.2, 0.25) is 0 Å². The van der Waals surface area contributed by atoms with Crippen molar-refractivity contribution in [1.82, 2.24) is 24.2 Å². The van der Waals surface area contributed by atoms with Crippen molar-refractivity contribution in [2.45, 2.75) is 31.2 Å². The van der Waals surface area contributed by atoms with E-state index in [1.54, 1.807) is 24.3 Å². The fraction of sp³-hybridized carbons (Fsp3) is 0.423. The summed E-state index contributed by atoms with van der Waals surface area (Å²) < 4.78 is 33.8. The minimum Gasteiger partial charge on any atom is -0.340 e. The maximum atomic E-state index is 13.2. The molecule has 0 atom stereocenters. The highest BCUT2D eigenvalue weighted by Crippen LogP contribution is 2.24. The third-order valence-electron chi connectivity index (χ3n) is 7.08. The Morgan fingerprint density at radius 3 is 2.27 bits per heavy atom. The van der Waals surface area contributed by atoms with Crippen LogP contribution in [0, 0.1) is 12.8 Å². The monoisotopic (exact) mass is 587 g/mol. The Morgan fingerprint density at radius 1 is 0.973 bits per heavy atom. The number of piperazine rings is 1. The standard InChI is InChI=1S/C26H30BrN5O4S/c1-19-2-8-23(9-3-19)37(34,35)32-16-14-31(15-17-32)26(33)21-10-12-30(13-11-21)18-24-28-25(29-36-24)20-4-6-22(27)7-5-20/h2-9,21H,10-18H2,1H3. The lowest BCUT2D eigenvalue weighted by molar-refractivity contribution is -0.138. The van der Waals surface area contributed by atoms with Crippen LogP contribution in [0.4, 0.5) is 0 Å². The quantitative estimate of drug-likeness (QED) is 0.434. The van der Waals surface area contributed by atoms with E-state index in [1.807, 2.05) is 36.1 Å². The molecule has 37 heavy (non-hydrogen) atoms. The number of rotatable bonds is 6. The van der Waals surface area contributed by atoms with Crippen molar-refractivity contribution in [2.75, 3.05) is 39.3 Å². The molecule has 2 aliphatic rings. The van der Waals surface area contributed by atoms with Crippen LogP contribution in [0.15, 0.2) is 62.4 Å². The molecule has 0 radical (unpaired) electrons. The van der Waals surface area contributed by atoms with E-state index in [2.05, 4.69) is 31.0 Å². The molecule has 0 unspecified atom stereocenters. The molecule has 2 saturated heterocycles. The van der Waals surface area contributed by atoms with E-state index in [4.69, 9.17) is 4.52 Å². The summed E-state index contributed by atoms with van der Waals surface area (Å²) in [4.78, 5) is 22.0. The average molecular weight is 589 g/mol. The van der Waals surface area contributed by atoms with E-state index in [1.165, 1.54) is 4.31 Å². The number of carbonyl (C=O) groups excluding carboxylic acids is 1. The number of carbonyl (C=O) groups is 1. The highest BCUT2D eigenvalue weighted by Gasteiger charge is 2.34. The molecule has 2 aliphatic heterocycles. The van der Waals surface area contributed by atoms with Gasteiger partial charge in [0.1, 0.15) is 0 Å². The van der Waals surface area contributed by atoms with Gasteiger partial charge < -0.3 is 9.42 Å². The molecule has 9 nitrogen and oxygen atoms in total. The van der Waals surface area contributed by atoms with Gasteiger partial charge in [0.05, 0.1) is 11.4 Å². The molecule has 196 valence electrons. The largest absolute Gasteiger partial charge is 0.340 e. The summed E-state index contributed by atoms with van der Waals surface area (Å²) in [7, 11) is -3.54. The summed E-state index contributed by atoms with van der Waals surface area (Å²) in [5.74, 6) is 1.21. The molecule has 0 aliphatic carbocycles. The van der Waals surface area contributed by atoms with Gasteiger partial charge in [0.25, 0.3) is 0 Å². The maximum Gasteiger partial charge on any atom is 0.243 e. The Bertz CT molecular complexity index is 1330. The normalized spacial score (nSPS) is 18.3. The summed E-state index contributed by atoms with van der Waals surface area (Å²) in [6.45, 7) is 5.51. The van der Waals surface area contributed by atoms with E-state index in [0.29, 0.717) is 49.3 Å². The first kappa shape index (κ1) is 26.0. The van der Waals surface area contributed by atoms with E-state index >= 15 is 0 Å². The molecular weight excluding hydrogens is 558 g/mol. The number of hydrogen-bond donors (Lipinski definition) is 0. The third-order valence-corrected chi connectivity index (χ3v) is 9.52. The second-order valence-electron chi connectivity index (χ2n) is 9.61. The highest BCUT2D eigenvalue weighted by atomic mass is 79.9. The van der Waals surface area contributed by atoms with Crippen LogP contribution in [0.25, 0.3) is 11.4 Å². The number of hydrogen-bond acceptors (Lipinski definition) is 7. The van der Waals surface area contributed by atoms with Crippen molar-refractivity contribution in [3.63, 3.8) is 0 Å². The smallest absolute Gasteiger partial charge is 0.243 e. The number of nitrogens with zero attached hydrogens (tertiary/aromatic N) is 5. The van der Waals surface area contributed by atoms with Gasteiger partial charge in [-0.05, 0) is 69.3 Å². The van der Waals surface area contributed by atoms with Crippen LogP contribution in [-0.4, -0.2) is 77.8 Å². The number of sulfonamides is 1. The second kappa shape index (κ2) is 11.0. The summed E-state index contributed by atoms with van der Waals surface area (Å²) in [5, 5.41) is 4.10. The lowest BCUT2D eigenvalue weighted by Gasteiger charge is -2.38. The highest BCUT2D eigenvalue weighted by molar-refractivity contribution is 9.10. The van der Waals surface area contributed by atoms with Gasteiger partial charge in [-0.15, -0.1) is 0 Å². The molecule has 1 aromatic heterocycles. The number of likely N-dealkylation sites (tertiary alicyclic amines) is 1. The van der Waals surface area contributed by atoms with Crippen molar-refractivity contribution in [1.29, 1.82) is 0 Å². The molecule has 0 bridgehead atoms. The molecule has 1 amide bonds. The van der Waals surface area contributed by atoms with Crippen LogP contribution >= 0.6 is 15.9 Å². The lowest BCUT2D eigenvalue weighted by atomic mass is 9.95. The van der Waals surface area contributed by atoms with Gasteiger partial charge in [-0.1, -0.05) is 38.8 Å². The topological polar surface area (TPSA) is 99.9 Å². The van der Waals surface area contributed by atoms with E-state index in [9.17, 15) is 13.2 Å². The Balaban J connectivity index is 1.10. The summed E-state index contributed by atoms with van der Waals surface area (Å²) >= 11 is 3.43.